The molecule has 0 atom stereocenters. The van der Waals surface area contributed by atoms with Crippen LogP contribution in [0.15, 0.2) is 0 Å². The Morgan fingerprint density at radius 2 is 1.89 bits per heavy atom. The van der Waals surface area contributed by atoms with Crippen LogP contribution >= 0.6 is 0 Å². The summed E-state index contributed by atoms with van der Waals surface area (Å²) < 4.78 is 0. The smallest absolute Gasteiger partial charge is 0.317 e. The normalized spacial score (nSPS) is 9.79. The van der Waals surface area contributed by atoms with E-state index in [1.54, 1.807) is 0 Å². The lowest BCUT2D eigenvalue weighted by atomic mass is 10.2. The number of urea groups is 1. The number of hydrogen-bond donors (Lipinski definition) is 3. The van der Waals surface area contributed by atoms with Crippen molar-refractivity contribution in [3.63, 3.8) is 0 Å². The second-order valence-corrected chi connectivity index (χ2v) is 4.18. The molecule has 0 aliphatic heterocycles. The first kappa shape index (κ1) is 17.2. The van der Waals surface area contributed by atoms with Gasteiger partial charge in [-0.1, -0.05) is 6.92 Å². The Hall–Kier alpha value is -1.79. The van der Waals surface area contributed by atoms with Crippen LogP contribution in [0.3, 0.4) is 0 Å². The van der Waals surface area contributed by atoms with E-state index in [-0.39, 0.29) is 24.9 Å². The van der Waals surface area contributed by atoms with Crippen LogP contribution in [0, 0.1) is 0 Å². The summed E-state index contributed by atoms with van der Waals surface area (Å²) in [5, 5.41) is 13.6. The fraction of sp³-hybridized carbons (Fsp3) is 0.750. The first-order valence-corrected chi connectivity index (χ1v) is 6.46. The molecule has 0 heterocycles. The average molecular weight is 273 g/mol. The number of aliphatic carboxylic acids is 1. The monoisotopic (exact) mass is 273 g/mol. The summed E-state index contributed by atoms with van der Waals surface area (Å²) >= 11 is 0. The fourth-order valence-corrected chi connectivity index (χ4v) is 1.48. The van der Waals surface area contributed by atoms with Gasteiger partial charge in [0, 0.05) is 26.6 Å². The number of nitrogens with zero attached hydrogens (tertiary/aromatic N) is 1. The number of carboxylic acid groups (broad SMARTS) is 1. The van der Waals surface area contributed by atoms with Gasteiger partial charge < -0.3 is 20.6 Å². The first-order chi connectivity index (χ1) is 9.01. The summed E-state index contributed by atoms with van der Waals surface area (Å²) in [6.45, 7) is 2.89. The van der Waals surface area contributed by atoms with E-state index in [1.807, 2.05) is 6.92 Å². The molecule has 0 aliphatic rings. The number of nitrogens with one attached hydrogen (secondary N) is 2. The highest BCUT2D eigenvalue weighted by molar-refractivity contribution is 5.83. The van der Waals surface area contributed by atoms with Gasteiger partial charge in [0.2, 0.25) is 5.91 Å². The zero-order chi connectivity index (χ0) is 14.7. The molecule has 3 amide bonds. The van der Waals surface area contributed by atoms with Crippen molar-refractivity contribution in [3.05, 3.63) is 0 Å². The molecule has 0 spiro atoms. The average Bonchev–Trinajstić information content (AvgIpc) is 2.37. The lowest BCUT2D eigenvalue weighted by Crippen LogP contribution is -2.45. The van der Waals surface area contributed by atoms with E-state index in [9.17, 15) is 14.4 Å². The lowest BCUT2D eigenvalue weighted by molar-refractivity contribution is -0.137. The molecule has 3 N–H and O–H groups in total. The number of rotatable bonds is 9. The minimum atomic E-state index is -0.835. The maximum atomic E-state index is 11.8. The second-order valence-electron chi connectivity index (χ2n) is 4.18. The van der Waals surface area contributed by atoms with Crippen LogP contribution in [0.25, 0.3) is 0 Å². The number of hydrogen-bond acceptors (Lipinski definition) is 3. The molecule has 0 bridgehead atoms. The molecule has 0 saturated heterocycles. The maximum absolute atomic E-state index is 11.8. The van der Waals surface area contributed by atoms with Crippen LogP contribution < -0.4 is 10.6 Å². The number of amides is 3. The van der Waals surface area contributed by atoms with Crippen molar-refractivity contribution < 1.29 is 19.5 Å². The number of carbonyl (C=O) groups excluding carboxylic acids is 2. The largest absolute Gasteiger partial charge is 0.481 e. The summed E-state index contributed by atoms with van der Waals surface area (Å²) in [4.78, 5) is 34.8. The van der Waals surface area contributed by atoms with Crippen molar-refractivity contribution in [1.82, 2.24) is 15.5 Å². The third kappa shape index (κ3) is 8.87. The Morgan fingerprint density at radius 3 is 2.42 bits per heavy atom. The Bertz CT molecular complexity index is 307. The predicted octanol–water partition coefficient (Wildman–Crippen LogP) is 0.409. The van der Waals surface area contributed by atoms with Crippen LogP contribution in [0.2, 0.25) is 0 Å². The number of carbonyl (C=O) groups is 3. The van der Waals surface area contributed by atoms with Gasteiger partial charge in [-0.25, -0.2) is 4.79 Å². The third-order valence-electron chi connectivity index (χ3n) is 2.49. The van der Waals surface area contributed by atoms with Crippen LogP contribution in [0.4, 0.5) is 4.79 Å². The number of carboxylic acids is 1. The summed E-state index contributed by atoms with van der Waals surface area (Å²) in [6.07, 6.45) is 2.01. The molecule has 0 aromatic carbocycles. The van der Waals surface area contributed by atoms with Gasteiger partial charge in [0.05, 0.1) is 0 Å². The third-order valence-corrected chi connectivity index (χ3v) is 2.49. The Balaban J connectivity index is 3.97. The van der Waals surface area contributed by atoms with E-state index >= 15 is 0 Å². The fourth-order valence-electron chi connectivity index (χ4n) is 1.48. The van der Waals surface area contributed by atoms with E-state index in [2.05, 4.69) is 10.6 Å². The molecule has 7 heteroatoms. The minimum Gasteiger partial charge on any atom is -0.481 e. The summed E-state index contributed by atoms with van der Waals surface area (Å²) in [6, 6.07) is -0.291. The van der Waals surface area contributed by atoms with Crippen molar-refractivity contribution in [2.45, 2.75) is 32.6 Å². The molecule has 7 nitrogen and oxygen atoms in total. The topological polar surface area (TPSA) is 98.7 Å². The van der Waals surface area contributed by atoms with E-state index in [1.165, 1.54) is 11.9 Å². The van der Waals surface area contributed by atoms with Crippen molar-refractivity contribution >= 4 is 17.9 Å². The highest BCUT2D eigenvalue weighted by Gasteiger charge is 2.14. The molecular formula is C12H23N3O4. The maximum Gasteiger partial charge on any atom is 0.317 e. The van der Waals surface area contributed by atoms with Gasteiger partial charge in [-0.05, 0) is 19.3 Å². The van der Waals surface area contributed by atoms with Gasteiger partial charge in [-0.3, -0.25) is 9.59 Å². The molecule has 19 heavy (non-hydrogen) atoms. The van der Waals surface area contributed by atoms with E-state index < -0.39 is 5.97 Å². The zero-order valence-electron chi connectivity index (χ0n) is 11.6. The molecule has 0 fully saturated rings. The Morgan fingerprint density at radius 1 is 1.21 bits per heavy atom. The molecule has 0 aromatic heterocycles. The number of likely N-dealkylation sites (N-methyl/N-ethyl adjacent to an activating group) is 1. The predicted molar refractivity (Wildman–Crippen MR) is 70.8 cm³/mol. The van der Waals surface area contributed by atoms with Crippen molar-refractivity contribution in [2.75, 3.05) is 26.7 Å². The van der Waals surface area contributed by atoms with Crippen molar-refractivity contribution in [3.8, 4) is 0 Å². The van der Waals surface area contributed by atoms with Crippen LogP contribution in [-0.2, 0) is 9.59 Å². The van der Waals surface area contributed by atoms with Gasteiger partial charge in [0.1, 0.15) is 6.54 Å². The Kier molecular flexibility index (Phi) is 9.20. The summed E-state index contributed by atoms with van der Waals surface area (Å²) in [5.74, 6) is -1.05. The highest BCUT2D eigenvalue weighted by Crippen LogP contribution is 1.96. The molecule has 0 rings (SSSR count). The van der Waals surface area contributed by atoms with Crippen molar-refractivity contribution in [2.24, 2.45) is 0 Å². The zero-order valence-corrected chi connectivity index (χ0v) is 11.6. The lowest BCUT2D eigenvalue weighted by Gasteiger charge is -2.21. The van der Waals surface area contributed by atoms with Gasteiger partial charge in [0.25, 0.3) is 0 Å². The van der Waals surface area contributed by atoms with Crippen LogP contribution in [0.5, 0.6) is 0 Å². The molecule has 110 valence electrons. The van der Waals surface area contributed by atoms with Gasteiger partial charge in [0.15, 0.2) is 0 Å². The molecule has 0 aromatic rings. The van der Waals surface area contributed by atoms with E-state index in [0.29, 0.717) is 25.9 Å². The molecule has 0 unspecified atom stereocenters. The highest BCUT2D eigenvalue weighted by atomic mass is 16.4. The quantitative estimate of drug-likeness (QED) is 0.530. The molecule has 0 aliphatic carbocycles. The SMILES string of the molecule is CCCN(CC(=O)NC)C(=O)NCCCCC(=O)O. The van der Waals surface area contributed by atoms with E-state index in [0.717, 1.165) is 6.42 Å². The molecular weight excluding hydrogens is 250 g/mol. The Labute approximate surface area is 113 Å². The number of unbranched alkanes of at least 4 members (excludes halogenated alkanes) is 1. The van der Waals surface area contributed by atoms with Gasteiger partial charge in [-0.2, -0.15) is 0 Å². The second kappa shape index (κ2) is 10.2. The van der Waals surface area contributed by atoms with Gasteiger partial charge >= 0.3 is 12.0 Å². The summed E-state index contributed by atoms with van der Waals surface area (Å²) in [7, 11) is 1.52. The molecule has 0 radical (unpaired) electrons. The standard InChI is InChI=1S/C12H23N3O4/c1-3-8-15(9-10(16)13-2)12(19)14-7-5-4-6-11(17)18/h3-9H2,1-2H3,(H,13,16)(H,14,19)(H,17,18). The van der Waals surface area contributed by atoms with E-state index in [4.69, 9.17) is 5.11 Å². The van der Waals surface area contributed by atoms with Crippen molar-refractivity contribution in [1.29, 1.82) is 0 Å². The van der Waals surface area contributed by atoms with Crippen LogP contribution in [-0.4, -0.2) is 54.6 Å². The summed E-state index contributed by atoms with van der Waals surface area (Å²) in [5.41, 5.74) is 0. The van der Waals surface area contributed by atoms with Crippen LogP contribution in [0.1, 0.15) is 32.6 Å². The first-order valence-electron chi connectivity index (χ1n) is 6.46. The minimum absolute atomic E-state index is 0.0330. The van der Waals surface area contributed by atoms with Gasteiger partial charge in [-0.15, -0.1) is 0 Å². The molecule has 0 saturated carbocycles.